The summed E-state index contributed by atoms with van der Waals surface area (Å²) in [6, 6.07) is 137. The van der Waals surface area contributed by atoms with Crippen molar-refractivity contribution in [2.75, 3.05) is 9.80 Å². The zero-order valence-corrected chi connectivity index (χ0v) is 57.3. The normalized spacial score (nSPS) is 11.9. The molecule has 18 rings (SSSR count). The first kappa shape index (κ1) is 62.6. The van der Waals surface area contributed by atoms with Gasteiger partial charge < -0.3 is 9.80 Å². The Morgan fingerprint density at radius 2 is 0.365 bits per heavy atom. The maximum absolute atomic E-state index is 2.43. The predicted octanol–water partition coefficient (Wildman–Crippen LogP) is 28.7. The first-order valence-electron chi connectivity index (χ1n) is 35.8. The van der Waals surface area contributed by atoms with Crippen LogP contribution in [0.15, 0.2) is 376 Å². The summed E-state index contributed by atoms with van der Waals surface area (Å²) in [5, 5.41) is 17.2. The van der Waals surface area contributed by atoms with Gasteiger partial charge in [0.25, 0.3) is 0 Å². The molecular weight excluding hydrogens is 1250 g/mol. The zero-order valence-electron chi connectivity index (χ0n) is 57.3. The fraction of sp³-hybridized carbons (Fsp3) is 0. The lowest BCUT2D eigenvalue weighted by Gasteiger charge is -2.26. The maximum Gasteiger partial charge on any atom is 0.0462 e. The molecule has 0 unspecified atom stereocenters. The Morgan fingerprint density at radius 3 is 0.625 bits per heavy atom. The van der Waals surface area contributed by atoms with Gasteiger partial charge in [-0.1, -0.05) is 340 Å². The third kappa shape index (κ3) is 12.5. The second-order valence-corrected chi connectivity index (χ2v) is 26.8. The number of hydrogen-bond acceptors (Lipinski definition) is 2. The molecule has 0 aromatic heterocycles. The Kier molecular flexibility index (Phi) is 16.7. The van der Waals surface area contributed by atoms with Crippen LogP contribution in [0.4, 0.5) is 34.1 Å². The first-order valence-corrected chi connectivity index (χ1v) is 35.8. The molecule has 0 aliphatic heterocycles. The highest BCUT2D eigenvalue weighted by molar-refractivity contribution is 6.24. The fourth-order valence-corrected chi connectivity index (χ4v) is 15.2. The highest BCUT2D eigenvalue weighted by Crippen LogP contribution is 2.45. The molecule has 2 nitrogen and oxygen atoms in total. The number of nitrogens with zero attached hydrogens (tertiary/aromatic N) is 2. The summed E-state index contributed by atoms with van der Waals surface area (Å²) in [4.78, 5) is 4.73. The Bertz CT molecular complexity index is 5680. The second kappa shape index (κ2) is 27.8. The van der Waals surface area contributed by atoms with Crippen LogP contribution < -0.4 is 9.80 Å². The van der Waals surface area contributed by atoms with Crippen molar-refractivity contribution < 1.29 is 0 Å². The van der Waals surface area contributed by atoms with Crippen LogP contribution in [0.5, 0.6) is 0 Å². The van der Waals surface area contributed by atoms with E-state index in [0.29, 0.717) is 0 Å². The third-order valence-electron chi connectivity index (χ3n) is 20.5. The molecule has 0 amide bonds. The van der Waals surface area contributed by atoms with Gasteiger partial charge >= 0.3 is 0 Å². The Balaban J connectivity index is 0.675. The summed E-state index contributed by atoms with van der Waals surface area (Å²) < 4.78 is 0. The van der Waals surface area contributed by atoms with Crippen LogP contribution >= 0.6 is 0 Å². The summed E-state index contributed by atoms with van der Waals surface area (Å²) in [7, 11) is 0. The van der Waals surface area contributed by atoms with Crippen LogP contribution in [0.2, 0.25) is 0 Å². The van der Waals surface area contributed by atoms with Gasteiger partial charge in [-0.05, 0) is 227 Å². The van der Waals surface area contributed by atoms with Crippen LogP contribution in [0.3, 0.4) is 0 Å². The van der Waals surface area contributed by atoms with Crippen LogP contribution in [0, 0.1) is 0 Å². The number of anilines is 6. The molecule has 0 spiro atoms. The van der Waals surface area contributed by atoms with E-state index in [2.05, 4.69) is 435 Å². The van der Waals surface area contributed by atoms with Gasteiger partial charge in [0, 0.05) is 34.1 Å². The van der Waals surface area contributed by atoms with Gasteiger partial charge in [-0.25, -0.2) is 0 Å². The second-order valence-electron chi connectivity index (χ2n) is 26.8. The van der Waals surface area contributed by atoms with Gasteiger partial charge in [-0.15, -0.1) is 0 Å². The number of benzene rings is 18. The van der Waals surface area contributed by atoms with E-state index in [1.807, 2.05) is 0 Å². The SMILES string of the molecule is C(=C\c1cccc2ccccc12)/c1ccc(N(c2ccc(/C=C/c3cccc4ccccc34)cc2)c2ccc(-c3cc4c5ccccc5c(-c5ccc(N(c6ccc(/C=C/c7cccc8ccccc78)cc6)c6ccc(/C=C/c7cccc8ccccc78)cc6)cc5)cc4c4ccccc34)cc2)cc1. The van der Waals surface area contributed by atoms with E-state index in [-0.39, 0.29) is 0 Å². The lowest BCUT2D eigenvalue weighted by atomic mass is 9.87. The van der Waals surface area contributed by atoms with Crippen molar-refractivity contribution in [1.29, 1.82) is 0 Å². The van der Waals surface area contributed by atoms with Crippen LogP contribution in [-0.4, -0.2) is 0 Å². The molecule has 104 heavy (non-hydrogen) atoms. The van der Waals surface area contributed by atoms with Gasteiger partial charge in [0.1, 0.15) is 0 Å². The molecular formula is C102H70N2. The fourth-order valence-electron chi connectivity index (χ4n) is 15.2. The van der Waals surface area contributed by atoms with Crippen molar-refractivity contribution in [3.8, 4) is 22.3 Å². The average Bonchev–Trinajstić information content (AvgIpc) is 0.730. The van der Waals surface area contributed by atoms with Gasteiger partial charge in [0.2, 0.25) is 0 Å². The lowest BCUT2D eigenvalue weighted by molar-refractivity contribution is 1.28. The van der Waals surface area contributed by atoms with Crippen molar-refractivity contribution in [2.45, 2.75) is 0 Å². The van der Waals surface area contributed by atoms with E-state index in [9.17, 15) is 0 Å². The average molecular weight is 1320 g/mol. The molecule has 0 N–H and O–H groups in total. The van der Waals surface area contributed by atoms with Crippen molar-refractivity contribution in [2.24, 2.45) is 0 Å². The molecule has 0 saturated heterocycles. The van der Waals surface area contributed by atoms with Crippen LogP contribution in [0.1, 0.15) is 44.5 Å². The lowest BCUT2D eigenvalue weighted by Crippen LogP contribution is -2.09. The quantitative estimate of drug-likeness (QED) is 0.0703. The smallest absolute Gasteiger partial charge is 0.0462 e. The van der Waals surface area contributed by atoms with E-state index >= 15 is 0 Å². The van der Waals surface area contributed by atoms with E-state index in [1.165, 1.54) is 109 Å². The molecule has 0 fully saturated rings. The molecule has 18 aromatic carbocycles. The Morgan fingerprint density at radius 1 is 0.154 bits per heavy atom. The van der Waals surface area contributed by atoms with Crippen molar-refractivity contribution in [1.82, 2.24) is 0 Å². The minimum Gasteiger partial charge on any atom is -0.311 e. The van der Waals surface area contributed by atoms with E-state index < -0.39 is 0 Å². The van der Waals surface area contributed by atoms with E-state index in [1.54, 1.807) is 0 Å². The summed E-state index contributed by atoms with van der Waals surface area (Å²) in [6.45, 7) is 0. The number of rotatable bonds is 16. The number of fused-ring (bicyclic) bond motifs is 9. The van der Waals surface area contributed by atoms with Crippen LogP contribution in [0.25, 0.3) is 146 Å². The van der Waals surface area contributed by atoms with Gasteiger partial charge in [0.15, 0.2) is 0 Å². The summed E-state index contributed by atoms with van der Waals surface area (Å²) in [6.07, 6.45) is 17.8. The molecule has 0 radical (unpaired) electrons. The van der Waals surface area contributed by atoms with Crippen LogP contribution in [-0.2, 0) is 0 Å². The highest BCUT2D eigenvalue weighted by atomic mass is 15.1. The molecule has 18 aromatic rings. The van der Waals surface area contributed by atoms with Crippen molar-refractivity contribution >= 4 is 158 Å². The molecule has 0 saturated carbocycles. The minimum atomic E-state index is 1.07. The predicted molar refractivity (Wildman–Crippen MR) is 451 cm³/mol. The van der Waals surface area contributed by atoms with Crippen molar-refractivity contribution in [3.63, 3.8) is 0 Å². The standard InChI is InChI=1S/C102H70N2/c1-5-29-91-75(17-1)21-13-25-79(91)49-37-71-41-57-85(58-42-71)103(86-59-43-72(44-60-86)38-50-80-26-14-22-76-18-2-6-30-92(76)80)89-65-53-83(54-66-89)99-69-101-98-36-12-10-34-96(98)100(70-102(101)97-35-11-9-33-95(97)99)84-55-67-90(68-56-84)104(87-61-45-73(46-62-87)39-51-81-27-15-23-77-19-3-7-31-93(77)81)88-63-47-74(48-64-88)40-52-82-28-16-24-78-20-4-8-32-94(78)82/h1-70H/b49-37+,50-38+,51-39+,52-40+. The van der Waals surface area contributed by atoms with Gasteiger partial charge in [-0.2, -0.15) is 0 Å². The molecule has 0 aliphatic rings. The largest absolute Gasteiger partial charge is 0.311 e. The zero-order chi connectivity index (χ0) is 69.1. The molecule has 488 valence electrons. The summed E-state index contributed by atoms with van der Waals surface area (Å²) in [5.74, 6) is 0. The highest BCUT2D eigenvalue weighted by Gasteiger charge is 2.19. The Hall–Kier alpha value is -13.7. The van der Waals surface area contributed by atoms with Gasteiger partial charge in [-0.3, -0.25) is 0 Å². The minimum absolute atomic E-state index is 1.07. The molecule has 2 heteroatoms. The first-order chi connectivity index (χ1) is 51.5. The topological polar surface area (TPSA) is 6.48 Å². The van der Waals surface area contributed by atoms with E-state index in [4.69, 9.17) is 0 Å². The monoisotopic (exact) mass is 1320 g/mol. The summed E-state index contributed by atoms with van der Waals surface area (Å²) in [5.41, 5.74) is 20.5. The van der Waals surface area contributed by atoms with Crippen molar-refractivity contribution in [3.05, 3.63) is 421 Å². The van der Waals surface area contributed by atoms with E-state index in [0.717, 1.165) is 67.5 Å². The Labute approximate surface area is 606 Å². The molecule has 0 heterocycles. The summed E-state index contributed by atoms with van der Waals surface area (Å²) >= 11 is 0. The third-order valence-corrected chi connectivity index (χ3v) is 20.5. The maximum atomic E-state index is 2.43. The number of hydrogen-bond donors (Lipinski definition) is 0. The molecule has 0 atom stereocenters. The molecule has 0 aliphatic carbocycles. The molecule has 0 bridgehead atoms. The van der Waals surface area contributed by atoms with Gasteiger partial charge in [0.05, 0.1) is 0 Å².